The molecule has 0 N–H and O–H groups in total. The molecular formula is C14H31OSn. The Labute approximate surface area is 111 Å². The second kappa shape index (κ2) is 13.8. The molecule has 0 aromatic carbocycles. The molecule has 0 aliphatic carbocycles. The van der Waals surface area contributed by atoms with E-state index >= 15 is 0 Å². The van der Waals surface area contributed by atoms with Crippen LogP contribution >= 0.6 is 0 Å². The summed E-state index contributed by atoms with van der Waals surface area (Å²) in [5.74, 6) is 0. The van der Waals surface area contributed by atoms with Crippen molar-refractivity contribution in [2.45, 2.75) is 81.0 Å². The Morgan fingerprint density at radius 3 is 1.75 bits per heavy atom. The van der Waals surface area contributed by atoms with Crippen LogP contribution in [0.5, 0.6) is 0 Å². The van der Waals surface area contributed by atoms with Crippen molar-refractivity contribution in [2.75, 3.05) is 6.61 Å². The fraction of sp³-hybridized carbons (Fsp3) is 1.00. The first-order valence-electron chi connectivity index (χ1n) is 7.32. The molecule has 0 unspecified atom stereocenters. The fourth-order valence-corrected chi connectivity index (χ4v) is 8.80. The van der Waals surface area contributed by atoms with Gasteiger partial charge in [0.05, 0.1) is 0 Å². The Bertz CT molecular complexity index is 120. The molecule has 0 heterocycles. The molecule has 97 valence electrons. The summed E-state index contributed by atoms with van der Waals surface area (Å²) >= 11 is -1.39. The number of rotatable bonds is 12. The molecule has 1 nitrogen and oxygen atoms in total. The molecule has 0 aromatic heterocycles. The Hall–Kier alpha value is 0.759. The van der Waals surface area contributed by atoms with E-state index < -0.39 is 20.2 Å². The molecule has 2 heteroatoms. The number of unbranched alkanes of at least 4 members (excludes halogenated alkanes) is 5. The normalized spacial score (nSPS) is 11.2. The zero-order valence-corrected chi connectivity index (χ0v) is 14.5. The van der Waals surface area contributed by atoms with Gasteiger partial charge in [-0.2, -0.15) is 0 Å². The van der Waals surface area contributed by atoms with Crippen LogP contribution in [0.4, 0.5) is 0 Å². The van der Waals surface area contributed by atoms with Gasteiger partial charge < -0.3 is 0 Å². The van der Waals surface area contributed by atoms with Crippen molar-refractivity contribution in [3.05, 3.63) is 0 Å². The van der Waals surface area contributed by atoms with Crippen LogP contribution in [-0.2, 0) is 3.07 Å². The quantitative estimate of drug-likeness (QED) is 0.353. The van der Waals surface area contributed by atoms with Crippen LogP contribution in [0, 0.1) is 0 Å². The second-order valence-electron chi connectivity index (χ2n) is 4.65. The van der Waals surface area contributed by atoms with Gasteiger partial charge >= 0.3 is 111 Å². The first-order chi connectivity index (χ1) is 7.85. The minimum absolute atomic E-state index is 1.07. The van der Waals surface area contributed by atoms with Crippen molar-refractivity contribution in [3.63, 3.8) is 0 Å². The second-order valence-corrected chi connectivity index (χ2v) is 11.4. The van der Waals surface area contributed by atoms with Gasteiger partial charge in [-0.3, -0.25) is 0 Å². The van der Waals surface area contributed by atoms with E-state index in [2.05, 4.69) is 20.8 Å². The molecule has 0 saturated heterocycles. The van der Waals surface area contributed by atoms with Crippen molar-refractivity contribution in [1.29, 1.82) is 0 Å². The summed E-state index contributed by atoms with van der Waals surface area (Å²) in [7, 11) is 0. The van der Waals surface area contributed by atoms with Gasteiger partial charge in [-0.15, -0.1) is 0 Å². The fourth-order valence-electron chi connectivity index (χ4n) is 1.76. The summed E-state index contributed by atoms with van der Waals surface area (Å²) < 4.78 is 9.12. The molecule has 0 fully saturated rings. The van der Waals surface area contributed by atoms with Crippen LogP contribution in [0.2, 0.25) is 8.87 Å². The van der Waals surface area contributed by atoms with Crippen LogP contribution in [-0.4, -0.2) is 26.8 Å². The van der Waals surface area contributed by atoms with E-state index in [1.54, 1.807) is 0 Å². The van der Waals surface area contributed by atoms with Crippen molar-refractivity contribution >= 4 is 20.2 Å². The monoisotopic (exact) mass is 335 g/mol. The average molecular weight is 334 g/mol. The van der Waals surface area contributed by atoms with Gasteiger partial charge in [0.25, 0.3) is 0 Å². The first-order valence-corrected chi connectivity index (χ1v) is 12.5. The van der Waals surface area contributed by atoms with Crippen LogP contribution in [0.3, 0.4) is 0 Å². The molecule has 1 radical (unpaired) electrons. The van der Waals surface area contributed by atoms with Gasteiger partial charge in [0.15, 0.2) is 0 Å². The van der Waals surface area contributed by atoms with Gasteiger partial charge in [0.1, 0.15) is 0 Å². The zero-order valence-electron chi connectivity index (χ0n) is 11.7. The predicted octanol–water partition coefficient (Wildman–Crippen LogP) is 5.18. The molecule has 0 rings (SSSR count). The zero-order chi connectivity index (χ0) is 12.1. The minimum atomic E-state index is -1.39. The summed E-state index contributed by atoms with van der Waals surface area (Å²) in [5.41, 5.74) is 0. The summed E-state index contributed by atoms with van der Waals surface area (Å²) in [5, 5.41) is 0. The molecular weight excluding hydrogens is 303 g/mol. The van der Waals surface area contributed by atoms with Crippen molar-refractivity contribution in [1.82, 2.24) is 0 Å². The Morgan fingerprint density at radius 1 is 0.688 bits per heavy atom. The van der Waals surface area contributed by atoms with Gasteiger partial charge in [0.2, 0.25) is 0 Å². The van der Waals surface area contributed by atoms with Crippen molar-refractivity contribution < 1.29 is 3.07 Å². The van der Waals surface area contributed by atoms with Gasteiger partial charge in [0, 0.05) is 0 Å². The molecule has 0 aromatic rings. The first kappa shape index (κ1) is 16.8. The van der Waals surface area contributed by atoms with E-state index in [0.717, 1.165) is 6.61 Å². The molecule has 16 heavy (non-hydrogen) atoms. The third-order valence-corrected chi connectivity index (χ3v) is 9.87. The summed E-state index contributed by atoms with van der Waals surface area (Å²) in [6.45, 7) is 7.93. The third-order valence-electron chi connectivity index (χ3n) is 2.92. The van der Waals surface area contributed by atoms with Gasteiger partial charge in [-0.25, -0.2) is 0 Å². The van der Waals surface area contributed by atoms with E-state index in [4.69, 9.17) is 3.07 Å². The van der Waals surface area contributed by atoms with E-state index in [1.165, 1.54) is 60.2 Å². The topological polar surface area (TPSA) is 9.23 Å². The standard InChI is InChI=1S/C6H13O.2C4H9.Sn/c1-2-3-4-5-6-7;2*1-3-4-2;/h2-6H2,1H3;2*1,3-4H2,2H3;/q-1;;;+1. The van der Waals surface area contributed by atoms with Crippen molar-refractivity contribution in [2.24, 2.45) is 0 Å². The Morgan fingerprint density at radius 2 is 1.25 bits per heavy atom. The molecule has 0 atom stereocenters. The van der Waals surface area contributed by atoms with Crippen LogP contribution in [0.15, 0.2) is 0 Å². The van der Waals surface area contributed by atoms with E-state index in [-0.39, 0.29) is 0 Å². The van der Waals surface area contributed by atoms with Gasteiger partial charge in [-0.05, 0) is 0 Å². The van der Waals surface area contributed by atoms with E-state index in [9.17, 15) is 0 Å². The van der Waals surface area contributed by atoms with Crippen LogP contribution in [0.25, 0.3) is 0 Å². The SMILES string of the molecule is CCCCCC[O][Sn]([CH2]CCC)[CH2]CCC. The summed E-state index contributed by atoms with van der Waals surface area (Å²) in [4.78, 5) is 0. The Kier molecular flexibility index (Phi) is 14.5. The predicted molar refractivity (Wildman–Crippen MR) is 75.3 cm³/mol. The third kappa shape index (κ3) is 11.3. The molecule has 0 aliphatic rings. The molecule has 0 saturated carbocycles. The average Bonchev–Trinajstić information content (AvgIpc) is 2.31. The molecule has 0 aliphatic heterocycles. The number of hydrogen-bond acceptors (Lipinski definition) is 1. The maximum atomic E-state index is 6.19. The van der Waals surface area contributed by atoms with E-state index in [1.807, 2.05) is 0 Å². The van der Waals surface area contributed by atoms with E-state index in [0.29, 0.717) is 0 Å². The van der Waals surface area contributed by atoms with Crippen molar-refractivity contribution in [3.8, 4) is 0 Å². The maximum absolute atomic E-state index is 6.19. The summed E-state index contributed by atoms with van der Waals surface area (Å²) in [6, 6.07) is 0. The Balaban J connectivity index is 3.48. The van der Waals surface area contributed by atoms with Gasteiger partial charge in [-0.1, -0.05) is 0 Å². The molecule has 0 amide bonds. The van der Waals surface area contributed by atoms with Crippen LogP contribution < -0.4 is 0 Å². The number of hydrogen-bond donors (Lipinski definition) is 0. The molecule has 0 bridgehead atoms. The van der Waals surface area contributed by atoms with Crippen LogP contribution in [0.1, 0.15) is 72.1 Å². The summed E-state index contributed by atoms with van der Waals surface area (Å²) in [6.07, 6.45) is 10.9. The molecule has 0 spiro atoms.